The lowest BCUT2D eigenvalue weighted by Crippen LogP contribution is -2.09. The monoisotopic (exact) mass is 270 g/mol. The SMILES string of the molecule is CC(C)=CCC/C(C)=C/CC1C(=O)Oc2ccccc21. The lowest BCUT2D eigenvalue weighted by molar-refractivity contribution is -0.134. The van der Waals surface area contributed by atoms with Crippen LogP contribution in [0.15, 0.2) is 47.6 Å². The Morgan fingerprint density at radius 2 is 1.95 bits per heavy atom. The first kappa shape index (κ1) is 14.6. The highest BCUT2D eigenvalue weighted by atomic mass is 16.5. The van der Waals surface area contributed by atoms with E-state index in [0.29, 0.717) is 0 Å². The van der Waals surface area contributed by atoms with E-state index in [1.54, 1.807) is 0 Å². The fourth-order valence-corrected chi connectivity index (χ4v) is 2.40. The summed E-state index contributed by atoms with van der Waals surface area (Å²) in [6.07, 6.45) is 7.27. The largest absolute Gasteiger partial charge is 0.426 e. The van der Waals surface area contributed by atoms with Gasteiger partial charge in [0.1, 0.15) is 5.75 Å². The Labute approximate surface area is 121 Å². The van der Waals surface area contributed by atoms with Crippen molar-refractivity contribution in [2.24, 2.45) is 0 Å². The van der Waals surface area contributed by atoms with Gasteiger partial charge in [-0.3, -0.25) is 4.79 Å². The van der Waals surface area contributed by atoms with Gasteiger partial charge in [-0.2, -0.15) is 0 Å². The molecule has 20 heavy (non-hydrogen) atoms. The fraction of sp³-hybridized carbons (Fsp3) is 0.389. The molecule has 106 valence electrons. The molecule has 1 aliphatic rings. The number of benzene rings is 1. The summed E-state index contributed by atoms with van der Waals surface area (Å²) in [4.78, 5) is 11.9. The van der Waals surface area contributed by atoms with Crippen molar-refractivity contribution < 1.29 is 9.53 Å². The Hall–Kier alpha value is -1.83. The number of carbonyl (C=O) groups excluding carboxylic acids is 1. The zero-order valence-corrected chi connectivity index (χ0v) is 12.5. The Kier molecular flexibility index (Phi) is 4.78. The zero-order chi connectivity index (χ0) is 14.5. The molecule has 2 nitrogen and oxygen atoms in total. The van der Waals surface area contributed by atoms with E-state index in [1.165, 1.54) is 11.1 Å². The van der Waals surface area contributed by atoms with Crippen molar-refractivity contribution in [3.05, 3.63) is 53.1 Å². The highest BCUT2D eigenvalue weighted by molar-refractivity contribution is 5.86. The van der Waals surface area contributed by atoms with Gasteiger partial charge in [0, 0.05) is 5.56 Å². The summed E-state index contributed by atoms with van der Waals surface area (Å²) in [5.74, 6) is 0.460. The lowest BCUT2D eigenvalue weighted by atomic mass is 9.95. The fourth-order valence-electron chi connectivity index (χ4n) is 2.40. The van der Waals surface area contributed by atoms with E-state index in [1.807, 2.05) is 24.3 Å². The number of esters is 1. The third kappa shape index (κ3) is 3.60. The number of hydrogen-bond donors (Lipinski definition) is 0. The first-order chi connectivity index (χ1) is 9.58. The van der Waals surface area contributed by atoms with Crippen LogP contribution in [0.3, 0.4) is 0 Å². The molecule has 2 heteroatoms. The van der Waals surface area contributed by atoms with Gasteiger partial charge in [-0.15, -0.1) is 0 Å². The molecular formula is C18H22O2. The van der Waals surface area contributed by atoms with E-state index in [2.05, 4.69) is 32.9 Å². The summed E-state index contributed by atoms with van der Waals surface area (Å²) in [7, 11) is 0. The van der Waals surface area contributed by atoms with Crippen molar-refractivity contribution in [3.63, 3.8) is 0 Å². The van der Waals surface area contributed by atoms with Crippen LogP contribution in [-0.4, -0.2) is 5.97 Å². The second-order valence-electron chi connectivity index (χ2n) is 5.62. The van der Waals surface area contributed by atoms with Crippen molar-refractivity contribution in [1.29, 1.82) is 0 Å². The average Bonchev–Trinajstić information content (AvgIpc) is 2.71. The molecule has 0 aromatic heterocycles. The Morgan fingerprint density at radius 3 is 2.70 bits per heavy atom. The van der Waals surface area contributed by atoms with Crippen LogP contribution >= 0.6 is 0 Å². The zero-order valence-electron chi connectivity index (χ0n) is 12.5. The molecule has 0 fully saturated rings. The highest BCUT2D eigenvalue weighted by Gasteiger charge is 2.31. The van der Waals surface area contributed by atoms with E-state index >= 15 is 0 Å². The minimum absolute atomic E-state index is 0.125. The van der Waals surface area contributed by atoms with Crippen LogP contribution in [0.25, 0.3) is 0 Å². The average molecular weight is 270 g/mol. The predicted molar refractivity (Wildman–Crippen MR) is 81.9 cm³/mol. The summed E-state index contributed by atoms with van der Waals surface area (Å²) in [6, 6.07) is 7.70. The molecule has 2 rings (SSSR count). The minimum atomic E-state index is -0.135. The summed E-state index contributed by atoms with van der Waals surface area (Å²) >= 11 is 0. The maximum atomic E-state index is 11.9. The summed E-state index contributed by atoms with van der Waals surface area (Å²) in [6.45, 7) is 6.36. The summed E-state index contributed by atoms with van der Waals surface area (Å²) in [5, 5.41) is 0. The van der Waals surface area contributed by atoms with Gasteiger partial charge in [0.05, 0.1) is 5.92 Å². The molecule has 0 amide bonds. The van der Waals surface area contributed by atoms with Crippen LogP contribution < -0.4 is 4.74 Å². The van der Waals surface area contributed by atoms with Crippen LogP contribution in [0.2, 0.25) is 0 Å². The summed E-state index contributed by atoms with van der Waals surface area (Å²) < 4.78 is 5.29. The number of rotatable bonds is 5. The molecule has 0 spiro atoms. The molecule has 0 bridgehead atoms. The predicted octanol–water partition coefficient (Wildman–Crippen LogP) is 4.77. The quantitative estimate of drug-likeness (QED) is 0.437. The molecule has 0 radical (unpaired) electrons. The smallest absolute Gasteiger partial charge is 0.319 e. The molecule has 1 aromatic rings. The van der Waals surface area contributed by atoms with E-state index in [-0.39, 0.29) is 11.9 Å². The van der Waals surface area contributed by atoms with Gasteiger partial charge in [-0.05, 0) is 46.1 Å². The van der Waals surface area contributed by atoms with Crippen LogP contribution in [-0.2, 0) is 4.79 Å². The molecule has 1 atom stereocenters. The number of ether oxygens (including phenoxy) is 1. The lowest BCUT2D eigenvalue weighted by Gasteiger charge is -2.05. The van der Waals surface area contributed by atoms with Crippen LogP contribution in [0, 0.1) is 0 Å². The van der Waals surface area contributed by atoms with Crippen molar-refractivity contribution in [1.82, 2.24) is 0 Å². The van der Waals surface area contributed by atoms with Crippen molar-refractivity contribution >= 4 is 5.97 Å². The third-order valence-electron chi connectivity index (χ3n) is 3.58. The molecule has 0 aliphatic carbocycles. The molecule has 0 saturated carbocycles. The topological polar surface area (TPSA) is 26.3 Å². The Morgan fingerprint density at radius 1 is 1.20 bits per heavy atom. The maximum Gasteiger partial charge on any atom is 0.319 e. The Bertz CT molecular complexity index is 548. The number of carbonyl (C=O) groups is 1. The highest BCUT2D eigenvalue weighted by Crippen LogP contribution is 2.36. The van der Waals surface area contributed by atoms with Crippen molar-refractivity contribution in [2.45, 2.75) is 46.0 Å². The van der Waals surface area contributed by atoms with Crippen LogP contribution in [0.4, 0.5) is 0 Å². The Balaban J connectivity index is 1.97. The first-order valence-electron chi connectivity index (χ1n) is 7.17. The summed E-state index contributed by atoms with van der Waals surface area (Å²) in [5.41, 5.74) is 3.71. The minimum Gasteiger partial charge on any atom is -0.426 e. The van der Waals surface area contributed by atoms with E-state index in [4.69, 9.17) is 4.74 Å². The van der Waals surface area contributed by atoms with Crippen LogP contribution in [0.1, 0.15) is 51.5 Å². The molecular weight excluding hydrogens is 248 g/mol. The normalized spacial score (nSPS) is 17.6. The van der Waals surface area contributed by atoms with Gasteiger partial charge < -0.3 is 4.74 Å². The number of para-hydroxylation sites is 1. The number of hydrogen-bond acceptors (Lipinski definition) is 2. The second-order valence-corrected chi connectivity index (χ2v) is 5.62. The third-order valence-corrected chi connectivity index (χ3v) is 3.58. The van der Waals surface area contributed by atoms with Gasteiger partial charge in [0.15, 0.2) is 0 Å². The van der Waals surface area contributed by atoms with E-state index in [0.717, 1.165) is 30.6 Å². The molecule has 1 aromatic carbocycles. The first-order valence-corrected chi connectivity index (χ1v) is 7.17. The van der Waals surface area contributed by atoms with Crippen molar-refractivity contribution in [3.8, 4) is 5.75 Å². The molecule has 1 heterocycles. The van der Waals surface area contributed by atoms with E-state index < -0.39 is 0 Å². The van der Waals surface area contributed by atoms with Gasteiger partial charge in [0.2, 0.25) is 0 Å². The number of fused-ring (bicyclic) bond motifs is 1. The van der Waals surface area contributed by atoms with E-state index in [9.17, 15) is 4.79 Å². The second kappa shape index (κ2) is 6.56. The molecule has 1 unspecified atom stereocenters. The number of allylic oxidation sites excluding steroid dienone is 4. The van der Waals surface area contributed by atoms with Gasteiger partial charge in [-0.1, -0.05) is 41.5 Å². The van der Waals surface area contributed by atoms with Gasteiger partial charge >= 0.3 is 5.97 Å². The molecule has 1 aliphatic heterocycles. The molecule has 0 saturated heterocycles. The molecule has 0 N–H and O–H groups in total. The van der Waals surface area contributed by atoms with Gasteiger partial charge in [-0.25, -0.2) is 0 Å². The standard InChI is InChI=1S/C18H22O2/c1-13(2)7-6-8-14(3)11-12-16-15-9-4-5-10-17(15)20-18(16)19/h4-5,7,9-11,16H,6,8,12H2,1-3H3/b14-11+. The maximum absolute atomic E-state index is 11.9. The van der Waals surface area contributed by atoms with Gasteiger partial charge in [0.25, 0.3) is 0 Å². The van der Waals surface area contributed by atoms with Crippen molar-refractivity contribution in [2.75, 3.05) is 0 Å². The van der Waals surface area contributed by atoms with Crippen LogP contribution in [0.5, 0.6) is 5.75 Å².